The van der Waals surface area contributed by atoms with E-state index in [4.69, 9.17) is 0 Å². The Labute approximate surface area is 98.8 Å². The number of aromatic nitrogens is 1. The highest BCUT2D eigenvalue weighted by atomic mass is 32.1. The summed E-state index contributed by atoms with van der Waals surface area (Å²) in [5.41, 5.74) is -0.434. The maximum absolute atomic E-state index is 12.3. The highest BCUT2D eigenvalue weighted by molar-refractivity contribution is 7.14. The lowest BCUT2D eigenvalue weighted by Gasteiger charge is -2.08. The molecule has 0 fully saturated rings. The number of hydrogen-bond acceptors (Lipinski definition) is 4. The molecular weight excluding hydrogens is 255 g/mol. The molecule has 92 valence electrons. The first-order valence-corrected chi connectivity index (χ1v) is 5.60. The number of anilines is 1. The zero-order valence-electron chi connectivity index (χ0n) is 8.95. The van der Waals surface area contributed by atoms with Crippen molar-refractivity contribution in [1.82, 2.24) is 4.98 Å². The van der Waals surface area contributed by atoms with Crippen LogP contribution in [0.3, 0.4) is 0 Å². The molecule has 0 aliphatic carbocycles. The third kappa shape index (κ3) is 2.04. The number of alkyl halides is 3. The van der Waals surface area contributed by atoms with E-state index >= 15 is 0 Å². The van der Waals surface area contributed by atoms with Crippen LogP contribution in [0.25, 0.3) is 0 Å². The van der Waals surface area contributed by atoms with Crippen LogP contribution >= 0.6 is 11.3 Å². The molecule has 2 rings (SSSR count). The lowest BCUT2D eigenvalue weighted by molar-refractivity contribution is -0.140. The molecule has 1 aliphatic heterocycles. The Kier molecular flexibility index (Phi) is 2.69. The maximum atomic E-state index is 12.3. The summed E-state index contributed by atoms with van der Waals surface area (Å²) in [6.07, 6.45) is -4.50. The molecule has 0 spiro atoms. The first-order chi connectivity index (χ1) is 7.80. The van der Waals surface area contributed by atoms with Crippen LogP contribution in [0.1, 0.15) is 19.5 Å². The Morgan fingerprint density at radius 3 is 2.53 bits per heavy atom. The zero-order valence-corrected chi connectivity index (χ0v) is 9.76. The van der Waals surface area contributed by atoms with Crippen molar-refractivity contribution < 1.29 is 18.0 Å². The van der Waals surface area contributed by atoms with Gasteiger partial charge in [-0.15, -0.1) is 11.3 Å². The number of hydrazone groups is 1. The molecule has 4 nitrogen and oxygen atoms in total. The number of rotatable bonds is 1. The fraction of sp³-hybridized carbons (Fsp3) is 0.444. The van der Waals surface area contributed by atoms with Crippen molar-refractivity contribution in [3.8, 4) is 0 Å². The second-order valence-electron chi connectivity index (χ2n) is 3.63. The van der Waals surface area contributed by atoms with Crippen LogP contribution in [-0.2, 0) is 11.0 Å². The average Bonchev–Trinajstić information content (AvgIpc) is 2.79. The summed E-state index contributed by atoms with van der Waals surface area (Å²) in [6, 6.07) is 0. The Bertz CT molecular complexity index is 494. The number of amides is 1. The molecule has 0 N–H and O–H groups in total. The van der Waals surface area contributed by atoms with Gasteiger partial charge in [0.2, 0.25) is 5.13 Å². The number of halogens is 3. The van der Waals surface area contributed by atoms with E-state index in [0.717, 1.165) is 21.7 Å². The Morgan fingerprint density at radius 2 is 2.12 bits per heavy atom. The summed E-state index contributed by atoms with van der Waals surface area (Å²) in [5, 5.41) is 5.65. The van der Waals surface area contributed by atoms with Crippen LogP contribution in [-0.4, -0.2) is 16.6 Å². The van der Waals surface area contributed by atoms with Gasteiger partial charge in [-0.1, -0.05) is 0 Å². The Balaban J connectivity index is 2.31. The molecule has 1 atom stereocenters. The van der Waals surface area contributed by atoms with E-state index in [1.807, 2.05) is 0 Å². The van der Waals surface area contributed by atoms with E-state index in [-0.39, 0.29) is 11.0 Å². The SMILES string of the molecule is CC1=NN(c2nc(C(F)(F)F)cs2)C(=O)C1C. The normalized spacial score (nSPS) is 21.0. The van der Waals surface area contributed by atoms with E-state index in [0.29, 0.717) is 5.71 Å². The number of nitrogens with zero attached hydrogens (tertiary/aromatic N) is 3. The summed E-state index contributed by atoms with van der Waals surface area (Å²) >= 11 is 0.748. The number of hydrogen-bond donors (Lipinski definition) is 0. The van der Waals surface area contributed by atoms with Gasteiger partial charge < -0.3 is 0 Å². The molecule has 0 radical (unpaired) electrons. The van der Waals surface area contributed by atoms with Gasteiger partial charge in [0.05, 0.1) is 5.92 Å². The topological polar surface area (TPSA) is 45.6 Å². The van der Waals surface area contributed by atoms with E-state index in [2.05, 4.69) is 10.1 Å². The van der Waals surface area contributed by atoms with Crippen molar-refractivity contribution in [3.05, 3.63) is 11.1 Å². The summed E-state index contributed by atoms with van der Waals surface area (Å²) in [6.45, 7) is 3.31. The predicted molar refractivity (Wildman–Crippen MR) is 56.9 cm³/mol. The van der Waals surface area contributed by atoms with E-state index in [9.17, 15) is 18.0 Å². The van der Waals surface area contributed by atoms with E-state index < -0.39 is 17.8 Å². The number of carbonyl (C=O) groups is 1. The fourth-order valence-electron chi connectivity index (χ4n) is 1.28. The smallest absolute Gasteiger partial charge is 0.272 e. The molecule has 8 heteroatoms. The fourth-order valence-corrected chi connectivity index (χ4v) is 2.07. The van der Waals surface area contributed by atoms with Crippen LogP contribution in [0, 0.1) is 5.92 Å². The molecule has 0 aromatic carbocycles. The minimum Gasteiger partial charge on any atom is -0.272 e. The Morgan fingerprint density at radius 1 is 1.47 bits per heavy atom. The first-order valence-electron chi connectivity index (χ1n) is 4.72. The van der Waals surface area contributed by atoms with Crippen LogP contribution < -0.4 is 5.01 Å². The third-order valence-corrected chi connectivity index (χ3v) is 3.24. The van der Waals surface area contributed by atoms with Crippen LogP contribution in [0.5, 0.6) is 0 Å². The molecule has 0 saturated carbocycles. The second-order valence-corrected chi connectivity index (χ2v) is 4.46. The van der Waals surface area contributed by atoms with Gasteiger partial charge in [0, 0.05) is 11.1 Å². The van der Waals surface area contributed by atoms with Gasteiger partial charge in [-0.3, -0.25) is 4.79 Å². The molecule has 1 aromatic heterocycles. The lowest BCUT2D eigenvalue weighted by Crippen LogP contribution is -2.25. The highest BCUT2D eigenvalue weighted by Gasteiger charge is 2.37. The van der Waals surface area contributed by atoms with Crippen molar-refractivity contribution in [2.24, 2.45) is 11.0 Å². The van der Waals surface area contributed by atoms with Crippen LogP contribution in [0.15, 0.2) is 10.5 Å². The second kappa shape index (κ2) is 3.80. The van der Waals surface area contributed by atoms with Crippen molar-refractivity contribution >= 4 is 28.1 Å². The third-order valence-electron chi connectivity index (χ3n) is 2.43. The van der Waals surface area contributed by atoms with Gasteiger partial charge in [-0.05, 0) is 13.8 Å². The van der Waals surface area contributed by atoms with Crippen LogP contribution in [0.2, 0.25) is 0 Å². The molecule has 1 aromatic rings. The number of carbonyl (C=O) groups excluding carboxylic acids is 1. The molecule has 2 heterocycles. The Hall–Kier alpha value is -1.44. The standard InChI is InChI=1S/C9H8F3N3OS/c1-4-5(2)14-15(7(4)16)8-13-6(3-17-8)9(10,11)12/h3-4H,1-2H3. The molecule has 1 aliphatic rings. The molecule has 1 amide bonds. The van der Waals surface area contributed by atoms with Crippen molar-refractivity contribution in [1.29, 1.82) is 0 Å². The molecule has 0 bridgehead atoms. The van der Waals surface area contributed by atoms with Gasteiger partial charge in [0.25, 0.3) is 5.91 Å². The van der Waals surface area contributed by atoms with E-state index in [1.165, 1.54) is 0 Å². The van der Waals surface area contributed by atoms with Crippen molar-refractivity contribution in [2.45, 2.75) is 20.0 Å². The van der Waals surface area contributed by atoms with Gasteiger partial charge in [-0.25, -0.2) is 4.98 Å². The molecule has 1 unspecified atom stereocenters. The summed E-state index contributed by atoms with van der Waals surface area (Å²) in [7, 11) is 0. The van der Waals surface area contributed by atoms with Gasteiger partial charge in [-0.2, -0.15) is 23.3 Å². The molecule has 17 heavy (non-hydrogen) atoms. The predicted octanol–water partition coefficient (Wildman–Crippen LogP) is 2.52. The maximum Gasteiger partial charge on any atom is 0.434 e. The quantitative estimate of drug-likeness (QED) is 0.781. The monoisotopic (exact) mass is 263 g/mol. The van der Waals surface area contributed by atoms with Crippen LogP contribution in [0.4, 0.5) is 18.3 Å². The van der Waals surface area contributed by atoms with Gasteiger partial charge in [0.1, 0.15) is 0 Å². The molecular formula is C9H8F3N3OS. The summed E-state index contributed by atoms with van der Waals surface area (Å²) in [5.74, 6) is -0.765. The average molecular weight is 263 g/mol. The lowest BCUT2D eigenvalue weighted by atomic mass is 10.1. The van der Waals surface area contributed by atoms with E-state index in [1.54, 1.807) is 13.8 Å². The zero-order chi connectivity index (χ0) is 12.8. The van der Waals surface area contributed by atoms with Crippen molar-refractivity contribution in [3.63, 3.8) is 0 Å². The largest absolute Gasteiger partial charge is 0.434 e. The van der Waals surface area contributed by atoms with Crippen molar-refractivity contribution in [2.75, 3.05) is 5.01 Å². The number of thiazole rings is 1. The summed E-state index contributed by atoms with van der Waals surface area (Å²) < 4.78 is 37.0. The molecule has 0 saturated heterocycles. The minimum absolute atomic E-state index is 0.0500. The minimum atomic E-state index is -4.50. The van der Waals surface area contributed by atoms with Gasteiger partial charge >= 0.3 is 6.18 Å². The first kappa shape index (κ1) is 12.0. The van der Waals surface area contributed by atoms with Gasteiger partial charge in [0.15, 0.2) is 5.69 Å². The summed E-state index contributed by atoms with van der Waals surface area (Å²) in [4.78, 5) is 15.0. The highest BCUT2D eigenvalue weighted by Crippen LogP contribution is 2.34.